The van der Waals surface area contributed by atoms with Gasteiger partial charge in [-0.2, -0.15) is 13.2 Å². The van der Waals surface area contributed by atoms with Crippen molar-refractivity contribution in [2.75, 3.05) is 32.8 Å². The van der Waals surface area contributed by atoms with Crippen LogP contribution in [0.15, 0.2) is 24.3 Å². The van der Waals surface area contributed by atoms with E-state index in [0.717, 1.165) is 13.1 Å². The lowest BCUT2D eigenvalue weighted by molar-refractivity contribution is -0.148. The van der Waals surface area contributed by atoms with E-state index < -0.39 is 18.6 Å². The zero-order valence-electron chi connectivity index (χ0n) is 12.1. The zero-order valence-corrected chi connectivity index (χ0v) is 12.1. The van der Waals surface area contributed by atoms with Crippen molar-refractivity contribution in [1.82, 2.24) is 10.2 Å². The number of hydrogen-bond donors (Lipinski definition) is 1. The average molecular weight is 302 g/mol. The van der Waals surface area contributed by atoms with Crippen molar-refractivity contribution in [2.45, 2.75) is 25.6 Å². The number of hydrogen-bond acceptors (Lipinski definition) is 3. The number of rotatable bonds is 5. The molecule has 0 bridgehead atoms. The highest BCUT2D eigenvalue weighted by Gasteiger charge is 2.36. The van der Waals surface area contributed by atoms with Crippen LogP contribution in [-0.2, 0) is 0 Å². The van der Waals surface area contributed by atoms with E-state index in [0.29, 0.717) is 31.0 Å². The third kappa shape index (κ3) is 4.89. The van der Waals surface area contributed by atoms with Crippen LogP contribution in [0.3, 0.4) is 0 Å². The van der Waals surface area contributed by atoms with Crippen molar-refractivity contribution in [2.24, 2.45) is 0 Å². The second kappa shape index (κ2) is 7.13. The Hall–Kier alpha value is -1.27. The number of benzene rings is 1. The summed E-state index contributed by atoms with van der Waals surface area (Å²) in [5, 5.41) is 3.17. The van der Waals surface area contributed by atoms with E-state index in [-0.39, 0.29) is 0 Å². The SMILES string of the molecule is CCOc1cccc([C@@H](CC(F)(F)F)N2CCNCC2)c1. The van der Waals surface area contributed by atoms with E-state index in [1.807, 2.05) is 11.8 Å². The van der Waals surface area contributed by atoms with Gasteiger partial charge in [0.2, 0.25) is 0 Å². The molecule has 0 aliphatic carbocycles. The topological polar surface area (TPSA) is 24.5 Å². The molecule has 2 rings (SSSR count). The molecule has 1 saturated heterocycles. The van der Waals surface area contributed by atoms with Gasteiger partial charge in [-0.1, -0.05) is 12.1 Å². The molecule has 0 aromatic heterocycles. The molecule has 118 valence electrons. The van der Waals surface area contributed by atoms with Gasteiger partial charge in [-0.15, -0.1) is 0 Å². The monoisotopic (exact) mass is 302 g/mol. The summed E-state index contributed by atoms with van der Waals surface area (Å²) in [7, 11) is 0. The van der Waals surface area contributed by atoms with E-state index in [2.05, 4.69) is 5.32 Å². The summed E-state index contributed by atoms with van der Waals surface area (Å²) in [6.07, 6.45) is -5.01. The molecule has 3 nitrogen and oxygen atoms in total. The lowest BCUT2D eigenvalue weighted by Crippen LogP contribution is -2.46. The van der Waals surface area contributed by atoms with Gasteiger partial charge in [0.25, 0.3) is 0 Å². The predicted molar refractivity (Wildman–Crippen MR) is 75.5 cm³/mol. The van der Waals surface area contributed by atoms with E-state index in [1.165, 1.54) is 0 Å². The molecule has 1 aromatic carbocycles. The second-order valence-corrected chi connectivity index (χ2v) is 5.13. The van der Waals surface area contributed by atoms with Gasteiger partial charge in [-0.05, 0) is 24.6 Å². The molecule has 6 heteroatoms. The molecule has 0 unspecified atom stereocenters. The van der Waals surface area contributed by atoms with Crippen molar-refractivity contribution in [3.05, 3.63) is 29.8 Å². The quantitative estimate of drug-likeness (QED) is 0.905. The number of nitrogens with zero attached hydrogens (tertiary/aromatic N) is 1. The Morgan fingerprint density at radius 1 is 1.29 bits per heavy atom. The largest absolute Gasteiger partial charge is 0.494 e. The van der Waals surface area contributed by atoms with Gasteiger partial charge in [0.1, 0.15) is 5.75 Å². The Morgan fingerprint density at radius 2 is 2.00 bits per heavy atom. The lowest BCUT2D eigenvalue weighted by atomic mass is 10.0. The number of ether oxygens (including phenoxy) is 1. The van der Waals surface area contributed by atoms with Crippen LogP contribution >= 0.6 is 0 Å². The van der Waals surface area contributed by atoms with Crippen molar-refractivity contribution < 1.29 is 17.9 Å². The molecule has 0 amide bonds. The van der Waals surface area contributed by atoms with Crippen LogP contribution in [0.2, 0.25) is 0 Å². The van der Waals surface area contributed by atoms with E-state index in [4.69, 9.17) is 4.74 Å². The van der Waals surface area contributed by atoms with Crippen molar-refractivity contribution >= 4 is 0 Å². The summed E-state index contributed by atoms with van der Waals surface area (Å²) in [6.45, 7) is 5.05. The second-order valence-electron chi connectivity index (χ2n) is 5.13. The van der Waals surface area contributed by atoms with E-state index in [1.54, 1.807) is 24.3 Å². The summed E-state index contributed by atoms with van der Waals surface area (Å²) in [5.41, 5.74) is 0.667. The Morgan fingerprint density at radius 3 is 2.62 bits per heavy atom. The first-order valence-corrected chi connectivity index (χ1v) is 7.24. The van der Waals surface area contributed by atoms with Gasteiger partial charge in [0, 0.05) is 32.2 Å². The van der Waals surface area contributed by atoms with Crippen LogP contribution < -0.4 is 10.1 Å². The fourth-order valence-corrected chi connectivity index (χ4v) is 2.65. The van der Waals surface area contributed by atoms with Crippen molar-refractivity contribution in [3.63, 3.8) is 0 Å². The third-order valence-electron chi connectivity index (χ3n) is 3.57. The molecule has 1 N–H and O–H groups in total. The number of piperazine rings is 1. The highest BCUT2D eigenvalue weighted by Crippen LogP contribution is 2.35. The predicted octanol–water partition coefficient (Wildman–Crippen LogP) is 2.98. The molecule has 1 heterocycles. The third-order valence-corrected chi connectivity index (χ3v) is 3.57. The maximum absolute atomic E-state index is 12.9. The standard InChI is InChI=1S/C15H21F3N2O/c1-2-21-13-5-3-4-12(10-13)14(11-15(16,17)18)20-8-6-19-7-9-20/h3-5,10,14,19H,2,6-9,11H2,1H3/t14-/m1/s1. The minimum atomic E-state index is -4.18. The van der Waals surface area contributed by atoms with Gasteiger partial charge in [0.15, 0.2) is 0 Å². The van der Waals surface area contributed by atoms with Crippen molar-refractivity contribution in [1.29, 1.82) is 0 Å². The first-order chi connectivity index (χ1) is 9.99. The van der Waals surface area contributed by atoms with E-state index >= 15 is 0 Å². The lowest BCUT2D eigenvalue weighted by Gasteiger charge is -2.35. The maximum Gasteiger partial charge on any atom is 0.390 e. The van der Waals surface area contributed by atoms with Crippen LogP contribution in [0.5, 0.6) is 5.75 Å². The van der Waals surface area contributed by atoms with Gasteiger partial charge < -0.3 is 10.1 Å². The Balaban J connectivity index is 2.22. The Labute approximate surface area is 123 Å². The van der Waals surface area contributed by atoms with Gasteiger partial charge >= 0.3 is 6.18 Å². The van der Waals surface area contributed by atoms with Crippen molar-refractivity contribution in [3.8, 4) is 5.75 Å². The molecule has 0 spiro atoms. The Bertz CT molecular complexity index is 445. The molecule has 0 radical (unpaired) electrons. The first-order valence-electron chi connectivity index (χ1n) is 7.24. The van der Waals surface area contributed by atoms with Crippen LogP contribution in [0.25, 0.3) is 0 Å². The molecular weight excluding hydrogens is 281 g/mol. The summed E-state index contributed by atoms with van der Waals surface area (Å²) in [6, 6.07) is 6.36. The van der Waals surface area contributed by atoms with Crippen LogP contribution in [-0.4, -0.2) is 43.9 Å². The normalized spacial score (nSPS) is 18.5. The molecular formula is C15H21F3N2O. The minimum absolute atomic E-state index is 0.501. The van der Waals surface area contributed by atoms with Crippen LogP contribution in [0.1, 0.15) is 24.9 Å². The van der Waals surface area contributed by atoms with E-state index in [9.17, 15) is 13.2 Å². The molecule has 1 atom stereocenters. The fraction of sp³-hybridized carbons (Fsp3) is 0.600. The summed E-state index contributed by atoms with van der Waals surface area (Å²) >= 11 is 0. The zero-order chi connectivity index (χ0) is 15.3. The minimum Gasteiger partial charge on any atom is -0.494 e. The average Bonchev–Trinajstić information content (AvgIpc) is 2.45. The highest BCUT2D eigenvalue weighted by atomic mass is 19.4. The molecule has 21 heavy (non-hydrogen) atoms. The summed E-state index contributed by atoms with van der Waals surface area (Å²) in [4.78, 5) is 1.90. The molecule has 0 saturated carbocycles. The maximum atomic E-state index is 12.9. The number of alkyl halides is 3. The van der Waals surface area contributed by atoms with Gasteiger partial charge in [-0.3, -0.25) is 4.90 Å². The number of halogens is 3. The summed E-state index contributed by atoms with van der Waals surface area (Å²) in [5.74, 6) is 0.623. The first kappa shape index (κ1) is 16.1. The van der Waals surface area contributed by atoms with Gasteiger partial charge in [0.05, 0.1) is 13.0 Å². The molecule has 1 aliphatic rings. The number of nitrogens with one attached hydrogen (secondary N) is 1. The van der Waals surface area contributed by atoms with Crippen LogP contribution in [0, 0.1) is 0 Å². The smallest absolute Gasteiger partial charge is 0.390 e. The molecule has 1 fully saturated rings. The van der Waals surface area contributed by atoms with Gasteiger partial charge in [-0.25, -0.2) is 0 Å². The fourth-order valence-electron chi connectivity index (χ4n) is 2.65. The Kier molecular flexibility index (Phi) is 5.47. The summed E-state index contributed by atoms with van der Waals surface area (Å²) < 4.78 is 44.2. The van der Waals surface area contributed by atoms with Crippen LogP contribution in [0.4, 0.5) is 13.2 Å². The molecule has 1 aromatic rings. The molecule has 1 aliphatic heterocycles. The highest BCUT2D eigenvalue weighted by molar-refractivity contribution is 5.31.